The molecule has 0 saturated heterocycles. The van der Waals surface area contributed by atoms with E-state index in [9.17, 15) is 4.79 Å². The van der Waals surface area contributed by atoms with Gasteiger partial charge < -0.3 is 0 Å². The highest BCUT2D eigenvalue weighted by Gasteiger charge is 2.14. The Morgan fingerprint density at radius 2 is 1.93 bits per heavy atom. The number of halogens is 1. The Bertz CT molecular complexity index is 1180. The maximum absolute atomic E-state index is 12.3. The van der Waals surface area contributed by atoms with Crippen LogP contribution in [0.2, 0.25) is 5.02 Å². The standard InChI is InChI=1S/C18H15ClN6OS/c1-11-4-3-5-12(2)17(11)25-18(21-22-23-25)27-10-14-8-16(26)24-9-13(19)6-7-15(24)20-14/h3-9H,10H2,1-2H3. The van der Waals surface area contributed by atoms with Crippen molar-refractivity contribution in [3.63, 3.8) is 0 Å². The summed E-state index contributed by atoms with van der Waals surface area (Å²) in [5, 5.41) is 13.2. The van der Waals surface area contributed by atoms with Gasteiger partial charge in [0, 0.05) is 18.0 Å². The number of benzene rings is 1. The maximum atomic E-state index is 12.3. The van der Waals surface area contributed by atoms with Gasteiger partial charge in [-0.05, 0) is 47.5 Å². The second kappa shape index (κ2) is 7.13. The van der Waals surface area contributed by atoms with Crippen molar-refractivity contribution in [2.24, 2.45) is 0 Å². The number of pyridine rings is 1. The maximum Gasteiger partial charge on any atom is 0.258 e. The minimum Gasteiger partial charge on any atom is -0.269 e. The van der Waals surface area contributed by atoms with Gasteiger partial charge in [-0.25, -0.2) is 4.98 Å². The third-order valence-electron chi connectivity index (χ3n) is 4.12. The van der Waals surface area contributed by atoms with E-state index in [4.69, 9.17) is 11.6 Å². The lowest BCUT2D eigenvalue weighted by molar-refractivity contribution is 0.747. The largest absolute Gasteiger partial charge is 0.269 e. The van der Waals surface area contributed by atoms with Gasteiger partial charge in [-0.1, -0.05) is 41.6 Å². The summed E-state index contributed by atoms with van der Waals surface area (Å²) < 4.78 is 3.15. The summed E-state index contributed by atoms with van der Waals surface area (Å²) in [4.78, 5) is 16.8. The molecule has 27 heavy (non-hydrogen) atoms. The molecule has 9 heteroatoms. The summed E-state index contributed by atoms with van der Waals surface area (Å²) in [5.41, 5.74) is 4.17. The van der Waals surface area contributed by atoms with Crippen molar-refractivity contribution < 1.29 is 0 Å². The normalized spacial score (nSPS) is 11.2. The third kappa shape index (κ3) is 3.45. The molecular formula is C18H15ClN6OS. The van der Waals surface area contributed by atoms with Gasteiger partial charge in [0.25, 0.3) is 5.56 Å². The number of tetrazole rings is 1. The summed E-state index contributed by atoms with van der Waals surface area (Å²) in [6.45, 7) is 4.05. The predicted molar refractivity (Wildman–Crippen MR) is 105 cm³/mol. The van der Waals surface area contributed by atoms with Crippen LogP contribution in [-0.4, -0.2) is 29.6 Å². The number of fused-ring (bicyclic) bond motifs is 1. The van der Waals surface area contributed by atoms with Gasteiger partial charge >= 0.3 is 0 Å². The van der Waals surface area contributed by atoms with Crippen molar-refractivity contribution in [3.05, 3.63) is 74.8 Å². The van der Waals surface area contributed by atoms with Crippen LogP contribution in [-0.2, 0) is 5.75 Å². The number of rotatable bonds is 4. The van der Waals surface area contributed by atoms with E-state index in [-0.39, 0.29) is 5.56 Å². The Morgan fingerprint density at radius 3 is 2.70 bits per heavy atom. The summed E-state index contributed by atoms with van der Waals surface area (Å²) >= 11 is 7.37. The summed E-state index contributed by atoms with van der Waals surface area (Å²) in [5.74, 6) is 0.472. The number of nitrogens with zero attached hydrogens (tertiary/aromatic N) is 6. The van der Waals surface area contributed by atoms with E-state index in [1.165, 1.54) is 22.2 Å². The fraction of sp³-hybridized carbons (Fsp3) is 0.167. The van der Waals surface area contributed by atoms with E-state index in [1.807, 2.05) is 32.0 Å². The first-order valence-corrected chi connectivity index (χ1v) is 9.55. The van der Waals surface area contributed by atoms with Crippen LogP contribution in [0.1, 0.15) is 16.8 Å². The smallest absolute Gasteiger partial charge is 0.258 e. The third-order valence-corrected chi connectivity index (χ3v) is 5.29. The fourth-order valence-electron chi connectivity index (χ4n) is 2.89. The van der Waals surface area contributed by atoms with Crippen molar-refractivity contribution in [1.29, 1.82) is 0 Å². The highest BCUT2D eigenvalue weighted by Crippen LogP contribution is 2.25. The number of para-hydroxylation sites is 1. The van der Waals surface area contributed by atoms with Crippen LogP contribution >= 0.6 is 23.4 Å². The van der Waals surface area contributed by atoms with Crippen molar-refractivity contribution in [2.45, 2.75) is 24.8 Å². The molecule has 3 heterocycles. The summed E-state index contributed by atoms with van der Waals surface area (Å²) in [7, 11) is 0. The second-order valence-electron chi connectivity index (χ2n) is 6.06. The van der Waals surface area contributed by atoms with Crippen molar-refractivity contribution in [3.8, 4) is 5.69 Å². The van der Waals surface area contributed by atoms with Gasteiger partial charge in [0.2, 0.25) is 5.16 Å². The number of aromatic nitrogens is 6. The monoisotopic (exact) mass is 398 g/mol. The molecule has 0 N–H and O–H groups in total. The lowest BCUT2D eigenvalue weighted by Crippen LogP contribution is -2.15. The first-order valence-electron chi connectivity index (χ1n) is 8.18. The molecule has 0 aliphatic rings. The van der Waals surface area contributed by atoms with Crippen molar-refractivity contribution in [1.82, 2.24) is 29.6 Å². The first-order chi connectivity index (χ1) is 13.0. The van der Waals surface area contributed by atoms with E-state index in [0.717, 1.165) is 16.8 Å². The Labute approximate surface area is 164 Å². The zero-order chi connectivity index (χ0) is 19.0. The minimum atomic E-state index is -0.174. The molecule has 0 saturated carbocycles. The van der Waals surface area contributed by atoms with E-state index in [0.29, 0.717) is 27.3 Å². The lowest BCUT2D eigenvalue weighted by Gasteiger charge is -2.10. The second-order valence-corrected chi connectivity index (χ2v) is 7.44. The molecule has 0 spiro atoms. The Kier molecular flexibility index (Phi) is 4.67. The predicted octanol–water partition coefficient (Wildman–Crippen LogP) is 3.23. The van der Waals surface area contributed by atoms with E-state index in [1.54, 1.807) is 23.0 Å². The zero-order valence-electron chi connectivity index (χ0n) is 14.6. The van der Waals surface area contributed by atoms with Gasteiger partial charge in [0.1, 0.15) is 5.65 Å². The molecule has 4 rings (SSSR count). The van der Waals surface area contributed by atoms with Crippen molar-refractivity contribution in [2.75, 3.05) is 0 Å². The zero-order valence-corrected chi connectivity index (χ0v) is 16.2. The molecule has 0 unspecified atom stereocenters. The van der Waals surface area contributed by atoms with Crippen LogP contribution in [0.4, 0.5) is 0 Å². The molecular weight excluding hydrogens is 384 g/mol. The minimum absolute atomic E-state index is 0.174. The highest BCUT2D eigenvalue weighted by molar-refractivity contribution is 7.98. The number of aryl methyl sites for hydroxylation is 2. The van der Waals surface area contributed by atoms with E-state index < -0.39 is 0 Å². The molecule has 1 aromatic carbocycles. The molecule has 0 bridgehead atoms. The molecule has 0 amide bonds. The molecule has 136 valence electrons. The summed E-state index contributed by atoms with van der Waals surface area (Å²) in [6, 6.07) is 11.0. The Morgan fingerprint density at radius 1 is 1.15 bits per heavy atom. The topological polar surface area (TPSA) is 78.0 Å². The van der Waals surface area contributed by atoms with E-state index in [2.05, 4.69) is 20.5 Å². The molecule has 0 aliphatic heterocycles. The quantitative estimate of drug-likeness (QED) is 0.491. The molecule has 3 aromatic heterocycles. The number of thioether (sulfide) groups is 1. The van der Waals surface area contributed by atoms with Crippen LogP contribution in [0.3, 0.4) is 0 Å². The number of hydrogen-bond acceptors (Lipinski definition) is 6. The highest BCUT2D eigenvalue weighted by atomic mass is 35.5. The van der Waals surface area contributed by atoms with Gasteiger partial charge in [0.15, 0.2) is 0 Å². The van der Waals surface area contributed by atoms with Crippen LogP contribution < -0.4 is 5.56 Å². The molecule has 4 aromatic rings. The molecule has 7 nitrogen and oxygen atoms in total. The van der Waals surface area contributed by atoms with Gasteiger partial charge in [-0.2, -0.15) is 4.68 Å². The Balaban J connectivity index is 1.64. The SMILES string of the molecule is Cc1cccc(C)c1-n1nnnc1SCc1cc(=O)n2cc(Cl)ccc2n1. The Hall–Kier alpha value is -2.71. The van der Waals surface area contributed by atoms with Crippen LogP contribution in [0.25, 0.3) is 11.3 Å². The lowest BCUT2D eigenvalue weighted by atomic mass is 10.1. The average Bonchev–Trinajstić information content (AvgIpc) is 3.09. The van der Waals surface area contributed by atoms with E-state index >= 15 is 0 Å². The van der Waals surface area contributed by atoms with Gasteiger partial charge in [-0.15, -0.1) is 5.10 Å². The first kappa shape index (κ1) is 17.7. The van der Waals surface area contributed by atoms with Crippen LogP contribution in [0.5, 0.6) is 0 Å². The molecule has 0 atom stereocenters. The van der Waals surface area contributed by atoms with Gasteiger partial charge in [0.05, 0.1) is 16.4 Å². The van der Waals surface area contributed by atoms with Crippen LogP contribution in [0, 0.1) is 13.8 Å². The molecule has 0 radical (unpaired) electrons. The molecule has 0 fully saturated rings. The summed E-state index contributed by atoms with van der Waals surface area (Å²) in [6.07, 6.45) is 1.56. The van der Waals surface area contributed by atoms with Crippen LogP contribution in [0.15, 0.2) is 52.5 Å². The fourth-order valence-corrected chi connectivity index (χ4v) is 3.82. The number of hydrogen-bond donors (Lipinski definition) is 0. The van der Waals surface area contributed by atoms with Gasteiger partial charge in [-0.3, -0.25) is 9.20 Å². The van der Waals surface area contributed by atoms with Crippen molar-refractivity contribution >= 4 is 29.0 Å². The average molecular weight is 399 g/mol. The molecule has 0 aliphatic carbocycles.